The molecular weight excluding hydrogens is 318 g/mol. The van der Waals surface area contributed by atoms with Crippen LogP contribution in [0.4, 0.5) is 17.6 Å². The number of carbonyl (C=O) groups excluding carboxylic acids is 1. The number of nitrogens with one attached hydrogen (secondary N) is 1. The van der Waals surface area contributed by atoms with Crippen molar-refractivity contribution in [1.82, 2.24) is 5.32 Å². The molecule has 0 unspecified atom stereocenters. The fraction of sp³-hybridized carbons (Fsp3) is 0.533. The molecule has 23 heavy (non-hydrogen) atoms. The van der Waals surface area contributed by atoms with E-state index in [1.807, 2.05) is 0 Å². The molecule has 0 spiro atoms. The normalized spacial score (nSPS) is 21.7. The maximum absolute atomic E-state index is 13.2. The highest BCUT2D eigenvalue weighted by Gasteiger charge is 2.31. The Kier molecular flexibility index (Phi) is 5.81. The predicted octanol–water partition coefficient (Wildman–Crippen LogP) is 2.82. The first-order valence-corrected chi connectivity index (χ1v) is 7.19. The highest BCUT2D eigenvalue weighted by atomic mass is 19.4. The van der Waals surface area contributed by atoms with E-state index in [1.54, 1.807) is 6.07 Å². The monoisotopic (exact) mass is 335 g/mol. The lowest BCUT2D eigenvalue weighted by Crippen LogP contribution is -2.51. The topological polar surface area (TPSA) is 47.6 Å². The molecule has 0 bridgehead atoms. The van der Waals surface area contributed by atoms with Crippen molar-refractivity contribution < 1.29 is 31.8 Å². The zero-order valence-electron chi connectivity index (χ0n) is 12.2. The van der Waals surface area contributed by atoms with Crippen molar-refractivity contribution in [2.75, 3.05) is 13.2 Å². The van der Waals surface area contributed by atoms with Gasteiger partial charge < -0.3 is 14.8 Å². The molecule has 1 N–H and O–H groups in total. The SMILES string of the molecule is O=C(CCC(F)(F)F)N[C@@H]1CCOC[C@H]1Oc1cccc(F)c1. The van der Waals surface area contributed by atoms with Crippen LogP contribution in [0.1, 0.15) is 19.3 Å². The van der Waals surface area contributed by atoms with Crippen LogP contribution >= 0.6 is 0 Å². The van der Waals surface area contributed by atoms with Crippen LogP contribution in [0, 0.1) is 5.82 Å². The number of halogens is 4. The van der Waals surface area contributed by atoms with Crippen molar-refractivity contribution in [1.29, 1.82) is 0 Å². The summed E-state index contributed by atoms with van der Waals surface area (Å²) in [4.78, 5) is 11.6. The maximum Gasteiger partial charge on any atom is 0.389 e. The summed E-state index contributed by atoms with van der Waals surface area (Å²) in [6.07, 6.45) is -6.34. The Morgan fingerprint density at radius 3 is 2.87 bits per heavy atom. The lowest BCUT2D eigenvalue weighted by atomic mass is 10.1. The van der Waals surface area contributed by atoms with Crippen LogP contribution in [0.3, 0.4) is 0 Å². The minimum Gasteiger partial charge on any atom is -0.486 e. The van der Waals surface area contributed by atoms with Gasteiger partial charge in [0.05, 0.1) is 19.1 Å². The maximum atomic E-state index is 13.2. The Balaban J connectivity index is 1.91. The lowest BCUT2D eigenvalue weighted by Gasteiger charge is -2.32. The summed E-state index contributed by atoms with van der Waals surface area (Å²) < 4.78 is 60.4. The van der Waals surface area contributed by atoms with Crippen molar-refractivity contribution >= 4 is 5.91 Å². The minimum atomic E-state index is -4.37. The van der Waals surface area contributed by atoms with Gasteiger partial charge >= 0.3 is 6.18 Å². The number of amides is 1. The molecule has 0 aromatic heterocycles. The molecule has 0 aliphatic carbocycles. The molecular formula is C15H17F4NO3. The second-order valence-electron chi connectivity index (χ2n) is 5.27. The fourth-order valence-electron chi connectivity index (χ4n) is 2.24. The summed E-state index contributed by atoms with van der Waals surface area (Å²) in [5.41, 5.74) is 0. The molecule has 1 heterocycles. The third kappa shape index (κ3) is 6.05. The quantitative estimate of drug-likeness (QED) is 0.842. The van der Waals surface area contributed by atoms with Crippen LogP contribution in [0.5, 0.6) is 5.75 Å². The van der Waals surface area contributed by atoms with Gasteiger partial charge in [-0.1, -0.05) is 6.07 Å². The second kappa shape index (κ2) is 7.63. The summed E-state index contributed by atoms with van der Waals surface area (Å²) >= 11 is 0. The van der Waals surface area contributed by atoms with Crippen LogP contribution in [-0.4, -0.2) is 37.4 Å². The Bertz CT molecular complexity index is 536. The molecule has 1 fully saturated rings. The zero-order valence-corrected chi connectivity index (χ0v) is 12.2. The number of benzene rings is 1. The molecule has 1 aromatic carbocycles. The van der Waals surface area contributed by atoms with Crippen molar-refractivity contribution in [3.05, 3.63) is 30.1 Å². The largest absolute Gasteiger partial charge is 0.486 e. The molecule has 1 aromatic rings. The van der Waals surface area contributed by atoms with Crippen LogP contribution in [0.2, 0.25) is 0 Å². The molecule has 0 radical (unpaired) electrons. The van der Waals surface area contributed by atoms with Gasteiger partial charge in [-0.2, -0.15) is 13.2 Å². The van der Waals surface area contributed by atoms with Gasteiger partial charge in [0.25, 0.3) is 0 Å². The summed E-state index contributed by atoms with van der Waals surface area (Å²) in [7, 11) is 0. The first-order chi connectivity index (χ1) is 10.8. The van der Waals surface area contributed by atoms with E-state index in [-0.39, 0.29) is 12.4 Å². The molecule has 1 aliphatic heterocycles. The van der Waals surface area contributed by atoms with E-state index in [1.165, 1.54) is 18.2 Å². The van der Waals surface area contributed by atoms with Crippen molar-refractivity contribution in [2.45, 2.75) is 37.6 Å². The average Bonchev–Trinajstić information content (AvgIpc) is 2.47. The van der Waals surface area contributed by atoms with Crippen molar-refractivity contribution in [3.8, 4) is 5.75 Å². The van der Waals surface area contributed by atoms with Crippen molar-refractivity contribution in [3.63, 3.8) is 0 Å². The first-order valence-electron chi connectivity index (χ1n) is 7.19. The molecule has 1 amide bonds. The van der Waals surface area contributed by atoms with E-state index in [0.29, 0.717) is 13.0 Å². The molecule has 1 saturated heterocycles. The van der Waals surface area contributed by atoms with Gasteiger partial charge in [0, 0.05) is 19.1 Å². The third-order valence-electron chi connectivity index (χ3n) is 3.37. The van der Waals surface area contributed by atoms with Crippen LogP contribution in [0.15, 0.2) is 24.3 Å². The van der Waals surface area contributed by atoms with Crippen LogP contribution in [0.25, 0.3) is 0 Å². The van der Waals surface area contributed by atoms with Gasteiger partial charge in [-0.25, -0.2) is 4.39 Å². The number of alkyl halides is 3. The Morgan fingerprint density at radius 2 is 2.17 bits per heavy atom. The smallest absolute Gasteiger partial charge is 0.389 e. The van der Waals surface area contributed by atoms with Gasteiger partial charge in [0.1, 0.15) is 17.7 Å². The number of carbonyl (C=O) groups is 1. The van der Waals surface area contributed by atoms with E-state index >= 15 is 0 Å². The van der Waals surface area contributed by atoms with Gasteiger partial charge in [0.2, 0.25) is 5.91 Å². The zero-order chi connectivity index (χ0) is 16.9. The second-order valence-corrected chi connectivity index (χ2v) is 5.27. The standard InChI is InChI=1S/C15H17F4NO3/c16-10-2-1-3-11(8-10)23-13-9-22-7-5-12(13)20-14(21)4-6-15(17,18)19/h1-3,8,12-13H,4-7,9H2,(H,20,21)/t12-,13-/m1/s1. The Morgan fingerprint density at radius 1 is 1.39 bits per heavy atom. The van der Waals surface area contributed by atoms with E-state index in [2.05, 4.69) is 5.32 Å². The molecule has 2 atom stereocenters. The van der Waals surface area contributed by atoms with Crippen LogP contribution in [-0.2, 0) is 9.53 Å². The van der Waals surface area contributed by atoms with Gasteiger partial charge in [-0.3, -0.25) is 4.79 Å². The highest BCUT2D eigenvalue weighted by molar-refractivity contribution is 5.76. The molecule has 4 nitrogen and oxygen atoms in total. The summed E-state index contributed by atoms with van der Waals surface area (Å²) in [6, 6.07) is 5.01. The summed E-state index contributed by atoms with van der Waals surface area (Å²) in [5, 5.41) is 2.54. The molecule has 1 aliphatic rings. The summed E-state index contributed by atoms with van der Waals surface area (Å²) in [5.74, 6) is -0.887. The van der Waals surface area contributed by atoms with Crippen LogP contribution < -0.4 is 10.1 Å². The molecule has 8 heteroatoms. The van der Waals surface area contributed by atoms with Gasteiger partial charge in [-0.15, -0.1) is 0 Å². The Labute approximate surface area is 130 Å². The lowest BCUT2D eigenvalue weighted by molar-refractivity contribution is -0.145. The number of ether oxygens (including phenoxy) is 2. The molecule has 0 saturated carbocycles. The average molecular weight is 335 g/mol. The third-order valence-corrected chi connectivity index (χ3v) is 3.37. The highest BCUT2D eigenvalue weighted by Crippen LogP contribution is 2.22. The summed E-state index contributed by atoms with van der Waals surface area (Å²) in [6.45, 7) is 0.536. The van der Waals surface area contributed by atoms with Gasteiger partial charge in [0.15, 0.2) is 0 Å². The Hall–Kier alpha value is -1.83. The number of rotatable bonds is 5. The number of hydrogen-bond donors (Lipinski definition) is 1. The van der Waals surface area contributed by atoms with E-state index in [4.69, 9.17) is 9.47 Å². The van der Waals surface area contributed by atoms with E-state index in [9.17, 15) is 22.4 Å². The number of hydrogen-bond acceptors (Lipinski definition) is 3. The van der Waals surface area contributed by atoms with E-state index < -0.39 is 42.9 Å². The van der Waals surface area contributed by atoms with Crippen molar-refractivity contribution in [2.24, 2.45) is 0 Å². The van der Waals surface area contributed by atoms with Gasteiger partial charge in [-0.05, 0) is 18.6 Å². The molecule has 2 rings (SSSR count). The van der Waals surface area contributed by atoms with E-state index in [0.717, 1.165) is 0 Å². The minimum absolute atomic E-state index is 0.167. The predicted molar refractivity (Wildman–Crippen MR) is 73.5 cm³/mol. The fourth-order valence-corrected chi connectivity index (χ4v) is 2.24. The first kappa shape index (κ1) is 17.5. The molecule has 128 valence electrons.